The fraction of sp³-hybridized carbons (Fsp3) is 0.318. The van der Waals surface area contributed by atoms with Crippen LogP contribution in [0.3, 0.4) is 0 Å². The summed E-state index contributed by atoms with van der Waals surface area (Å²) < 4.78 is 42.5. The number of allylic oxidation sites excluding steroid dienone is 3. The van der Waals surface area contributed by atoms with Gasteiger partial charge in [0.05, 0.1) is 23.5 Å². The molecule has 1 heterocycles. The molecule has 9 nitrogen and oxygen atoms in total. The first-order chi connectivity index (χ1) is 15.6. The van der Waals surface area contributed by atoms with Crippen LogP contribution < -0.4 is 5.32 Å². The number of carbonyl (C=O) groups is 2. The number of methoxy groups -OCH3 is 1. The number of nitrogens with zero attached hydrogens (tertiary/aromatic N) is 2. The van der Waals surface area contributed by atoms with Gasteiger partial charge in [-0.25, -0.2) is 12.8 Å². The number of hydrogen-bond acceptors (Lipinski definition) is 7. The summed E-state index contributed by atoms with van der Waals surface area (Å²) in [5.41, 5.74) is 0.667. The molecule has 1 aliphatic rings. The minimum atomic E-state index is -3.76. The maximum Gasteiger partial charge on any atom is 0.266 e. The van der Waals surface area contributed by atoms with Crippen molar-refractivity contribution < 1.29 is 32.2 Å². The predicted octanol–water partition coefficient (Wildman–Crippen LogP) is 2.02. The Morgan fingerprint density at radius 2 is 2.09 bits per heavy atom. The predicted molar refractivity (Wildman–Crippen MR) is 121 cm³/mol. The minimum Gasteiger partial charge on any atom is -0.515 e. The summed E-state index contributed by atoms with van der Waals surface area (Å²) in [7, 11) is -2.30. The fourth-order valence-electron chi connectivity index (χ4n) is 3.11. The Labute approximate surface area is 191 Å². The van der Waals surface area contributed by atoms with Crippen molar-refractivity contribution in [2.75, 3.05) is 26.5 Å². The molecule has 0 atom stereocenters. The molecule has 1 aromatic rings. The Morgan fingerprint density at radius 3 is 2.73 bits per heavy atom. The Kier molecular flexibility index (Phi) is 9.06. The highest BCUT2D eigenvalue weighted by Gasteiger charge is 2.28. The summed E-state index contributed by atoms with van der Waals surface area (Å²) in [6.45, 7) is 1.68. The van der Waals surface area contributed by atoms with E-state index >= 15 is 0 Å². The second-order valence-electron chi connectivity index (χ2n) is 7.14. The number of aliphatic hydroxyl groups is 1. The summed E-state index contributed by atoms with van der Waals surface area (Å²) in [5.74, 6) is -2.46. The minimum absolute atomic E-state index is 0.103. The molecule has 0 fully saturated rings. The van der Waals surface area contributed by atoms with E-state index in [2.05, 4.69) is 10.3 Å². The molecule has 0 radical (unpaired) electrons. The molecular weight excluding hydrogens is 453 g/mol. The number of aliphatic imine (C=N–C) groups is 1. The number of sulfone groups is 1. The highest BCUT2D eigenvalue weighted by atomic mass is 32.2. The van der Waals surface area contributed by atoms with E-state index in [4.69, 9.17) is 4.74 Å². The lowest BCUT2D eigenvalue weighted by Crippen LogP contribution is -2.39. The number of aliphatic hydroxyl groups excluding tert-OH is 1. The topological polar surface area (TPSA) is 125 Å². The molecule has 0 aromatic heterocycles. The summed E-state index contributed by atoms with van der Waals surface area (Å²) in [4.78, 5) is 31.2. The third-order valence-corrected chi connectivity index (χ3v) is 5.96. The number of nitrogens with one attached hydrogen (secondary N) is 1. The summed E-state index contributed by atoms with van der Waals surface area (Å²) in [5, 5.41) is 12.1. The summed E-state index contributed by atoms with van der Waals surface area (Å²) in [6.07, 6.45) is 6.79. The summed E-state index contributed by atoms with van der Waals surface area (Å²) >= 11 is 0. The number of amides is 2. The third kappa shape index (κ3) is 6.83. The van der Waals surface area contributed by atoms with E-state index in [-0.39, 0.29) is 30.2 Å². The monoisotopic (exact) mass is 479 g/mol. The maximum absolute atomic E-state index is 13.5. The molecule has 11 heteroatoms. The lowest BCUT2D eigenvalue weighted by atomic mass is 10.1. The molecule has 2 N–H and O–H groups in total. The maximum atomic E-state index is 13.5. The molecular formula is C22H26FN3O6S. The van der Waals surface area contributed by atoms with Gasteiger partial charge < -0.3 is 20.1 Å². The van der Waals surface area contributed by atoms with E-state index < -0.39 is 33.0 Å². The van der Waals surface area contributed by atoms with Gasteiger partial charge in [-0.2, -0.15) is 0 Å². The van der Waals surface area contributed by atoms with Crippen LogP contribution in [0.1, 0.15) is 18.9 Å². The van der Waals surface area contributed by atoms with Crippen LogP contribution in [0.2, 0.25) is 0 Å². The van der Waals surface area contributed by atoms with Crippen molar-refractivity contribution >= 4 is 27.9 Å². The number of hydrogen-bond donors (Lipinski definition) is 2. The third-order valence-electron chi connectivity index (χ3n) is 4.78. The zero-order chi connectivity index (χ0) is 24.6. The van der Waals surface area contributed by atoms with Crippen LogP contribution in [0.25, 0.3) is 0 Å². The van der Waals surface area contributed by atoms with Gasteiger partial charge in [-0.05, 0) is 30.7 Å². The van der Waals surface area contributed by atoms with Crippen molar-refractivity contribution in [3.8, 4) is 0 Å². The quantitative estimate of drug-likeness (QED) is 0.242. The number of benzene rings is 1. The van der Waals surface area contributed by atoms with Gasteiger partial charge in [0.2, 0.25) is 0 Å². The van der Waals surface area contributed by atoms with Gasteiger partial charge in [-0.15, -0.1) is 0 Å². The highest BCUT2D eigenvalue weighted by molar-refractivity contribution is 7.90. The molecule has 2 rings (SSSR count). The lowest BCUT2D eigenvalue weighted by molar-refractivity contribution is -0.129. The number of ether oxygens (including phenoxy) is 1. The standard InChI is InChI=1S/C22H26FN3O6S/c1-15-19(6-4-5-9-24-15)26(10-11-32-2)22(29)18(14-27)21(28)25-13-16-7-8-17(23)12-20(16)33(3,30)31/h4-5,7-9,12,14,27H,6,10-11,13H2,1-3H3,(H,25,28)/b18-14+. The van der Waals surface area contributed by atoms with E-state index in [1.54, 1.807) is 25.3 Å². The SMILES string of the molecule is COCCN(C(=O)/C(=C/O)C(=O)NCc1ccc(F)cc1S(C)(=O)=O)C1=C(C)N=CC=CC1. The Morgan fingerprint density at radius 1 is 1.36 bits per heavy atom. The highest BCUT2D eigenvalue weighted by Crippen LogP contribution is 2.21. The van der Waals surface area contributed by atoms with Crippen LogP contribution >= 0.6 is 0 Å². The van der Waals surface area contributed by atoms with Gasteiger partial charge in [0.1, 0.15) is 11.4 Å². The van der Waals surface area contributed by atoms with E-state index in [0.717, 1.165) is 18.4 Å². The number of halogens is 1. The Balaban J connectivity index is 2.28. The molecule has 1 aromatic carbocycles. The van der Waals surface area contributed by atoms with Crippen molar-refractivity contribution in [1.82, 2.24) is 10.2 Å². The van der Waals surface area contributed by atoms with Crippen LogP contribution in [0.15, 0.2) is 63.5 Å². The average Bonchev–Trinajstić information content (AvgIpc) is 2.97. The van der Waals surface area contributed by atoms with Crippen molar-refractivity contribution in [2.45, 2.75) is 24.8 Å². The Bertz CT molecular complexity index is 1140. The van der Waals surface area contributed by atoms with Crippen molar-refractivity contribution in [3.05, 3.63) is 65.0 Å². The first-order valence-corrected chi connectivity index (χ1v) is 11.8. The molecule has 178 valence electrons. The van der Waals surface area contributed by atoms with E-state index in [9.17, 15) is 27.5 Å². The van der Waals surface area contributed by atoms with Gasteiger partial charge in [-0.1, -0.05) is 12.1 Å². The van der Waals surface area contributed by atoms with Crippen LogP contribution in [0.4, 0.5) is 4.39 Å². The molecule has 0 aliphatic carbocycles. The van der Waals surface area contributed by atoms with Gasteiger partial charge >= 0.3 is 0 Å². The zero-order valence-corrected chi connectivity index (χ0v) is 19.4. The molecule has 0 saturated heterocycles. The first-order valence-electron chi connectivity index (χ1n) is 9.91. The first kappa shape index (κ1) is 25.9. The Hall–Kier alpha value is -3.31. The van der Waals surface area contributed by atoms with Gasteiger partial charge in [-0.3, -0.25) is 14.6 Å². The second kappa shape index (κ2) is 11.5. The zero-order valence-electron chi connectivity index (χ0n) is 18.5. The van der Waals surface area contributed by atoms with E-state index in [1.807, 2.05) is 0 Å². The van der Waals surface area contributed by atoms with Crippen molar-refractivity contribution in [2.24, 2.45) is 4.99 Å². The van der Waals surface area contributed by atoms with Crippen molar-refractivity contribution in [3.63, 3.8) is 0 Å². The summed E-state index contributed by atoms with van der Waals surface area (Å²) in [6, 6.07) is 3.14. The normalized spacial score (nSPS) is 14.2. The average molecular weight is 480 g/mol. The van der Waals surface area contributed by atoms with Gasteiger partial charge in [0.15, 0.2) is 9.84 Å². The second-order valence-corrected chi connectivity index (χ2v) is 9.13. The van der Waals surface area contributed by atoms with Crippen LogP contribution in [-0.4, -0.2) is 63.0 Å². The molecule has 0 saturated carbocycles. The van der Waals surface area contributed by atoms with Crippen LogP contribution in [0.5, 0.6) is 0 Å². The smallest absolute Gasteiger partial charge is 0.266 e. The van der Waals surface area contributed by atoms with Crippen LogP contribution in [-0.2, 0) is 30.7 Å². The van der Waals surface area contributed by atoms with Crippen LogP contribution in [0, 0.1) is 5.82 Å². The van der Waals surface area contributed by atoms with E-state index in [1.165, 1.54) is 18.1 Å². The molecule has 0 unspecified atom stereocenters. The van der Waals surface area contributed by atoms with Gasteiger partial charge in [0.25, 0.3) is 11.8 Å². The number of rotatable bonds is 9. The molecule has 33 heavy (non-hydrogen) atoms. The fourth-order valence-corrected chi connectivity index (χ4v) is 4.05. The van der Waals surface area contributed by atoms with Gasteiger partial charge in [0, 0.05) is 44.8 Å². The molecule has 2 amide bonds. The molecule has 0 bridgehead atoms. The van der Waals surface area contributed by atoms with E-state index in [0.29, 0.717) is 24.1 Å². The van der Waals surface area contributed by atoms with Crippen molar-refractivity contribution in [1.29, 1.82) is 0 Å². The largest absolute Gasteiger partial charge is 0.515 e. The molecule has 0 spiro atoms. The lowest BCUT2D eigenvalue weighted by Gasteiger charge is -2.26. The molecule has 1 aliphatic heterocycles. The number of carbonyl (C=O) groups excluding carboxylic acids is 2.